The number of nitrogens with one attached hydrogen (secondary N) is 2. The van der Waals surface area contributed by atoms with Gasteiger partial charge in [0.05, 0.1) is 0 Å². The summed E-state index contributed by atoms with van der Waals surface area (Å²) < 4.78 is 0. The van der Waals surface area contributed by atoms with E-state index in [1.54, 1.807) is 31.1 Å². The van der Waals surface area contributed by atoms with E-state index in [4.69, 9.17) is 0 Å². The Morgan fingerprint density at radius 1 is 1.17 bits per heavy atom. The van der Waals surface area contributed by atoms with Gasteiger partial charge in [-0.15, -0.1) is 12.4 Å². The van der Waals surface area contributed by atoms with Gasteiger partial charge in [-0.25, -0.2) is 0 Å². The molecule has 0 aromatic heterocycles. The van der Waals surface area contributed by atoms with Crippen molar-refractivity contribution in [3.05, 3.63) is 35.4 Å². The molecule has 1 heterocycles. The summed E-state index contributed by atoms with van der Waals surface area (Å²) in [7, 11) is 3.47. The van der Waals surface area contributed by atoms with E-state index >= 15 is 0 Å². The number of nitrogens with zero attached hydrogens (tertiary/aromatic N) is 1. The minimum absolute atomic E-state index is 0. The van der Waals surface area contributed by atoms with E-state index in [0.717, 1.165) is 25.1 Å². The Morgan fingerprint density at radius 2 is 1.79 bits per heavy atom. The maximum Gasteiger partial charge on any atom is 0.253 e. The number of piperidine rings is 1. The Hall–Kier alpha value is -1.59. The van der Waals surface area contributed by atoms with Crippen LogP contribution in [0.3, 0.4) is 0 Å². The second kappa shape index (κ2) is 10.3. The molecule has 2 amide bonds. The Balaban J connectivity index is 0.00000288. The molecule has 0 saturated carbocycles. The fourth-order valence-electron chi connectivity index (χ4n) is 2.82. The first-order chi connectivity index (χ1) is 11.1. The van der Waals surface area contributed by atoms with Gasteiger partial charge in [0.15, 0.2) is 0 Å². The fraction of sp³-hybridized carbons (Fsp3) is 0.556. The Labute approximate surface area is 150 Å². The average molecular weight is 354 g/mol. The van der Waals surface area contributed by atoms with E-state index in [0.29, 0.717) is 24.4 Å². The minimum Gasteiger partial charge on any atom is -0.352 e. The van der Waals surface area contributed by atoms with Crippen LogP contribution in [0, 0.1) is 5.92 Å². The Bertz CT molecular complexity index is 526. The second-order valence-electron chi connectivity index (χ2n) is 6.41. The summed E-state index contributed by atoms with van der Waals surface area (Å²) in [5.41, 5.74) is 1.67. The highest BCUT2D eigenvalue weighted by molar-refractivity contribution is 5.93. The molecule has 0 bridgehead atoms. The molecule has 1 aromatic carbocycles. The molecule has 0 radical (unpaired) electrons. The van der Waals surface area contributed by atoms with Crippen LogP contribution in [0.25, 0.3) is 0 Å². The van der Waals surface area contributed by atoms with Gasteiger partial charge in [0.25, 0.3) is 5.91 Å². The number of rotatable bonds is 6. The Morgan fingerprint density at radius 3 is 2.38 bits per heavy atom. The van der Waals surface area contributed by atoms with Crippen LogP contribution in [-0.2, 0) is 11.3 Å². The number of hydrogen-bond donors (Lipinski definition) is 2. The van der Waals surface area contributed by atoms with Crippen molar-refractivity contribution in [1.29, 1.82) is 0 Å². The van der Waals surface area contributed by atoms with Gasteiger partial charge in [0.2, 0.25) is 5.91 Å². The van der Waals surface area contributed by atoms with Crippen molar-refractivity contribution in [3.8, 4) is 0 Å². The van der Waals surface area contributed by atoms with Crippen molar-refractivity contribution in [2.24, 2.45) is 5.92 Å². The summed E-state index contributed by atoms with van der Waals surface area (Å²) in [5.74, 6) is 0.776. The van der Waals surface area contributed by atoms with E-state index in [1.807, 2.05) is 12.1 Å². The van der Waals surface area contributed by atoms with Crippen LogP contribution >= 0.6 is 12.4 Å². The zero-order chi connectivity index (χ0) is 16.7. The zero-order valence-corrected chi connectivity index (χ0v) is 15.3. The predicted molar refractivity (Wildman–Crippen MR) is 98.4 cm³/mol. The topological polar surface area (TPSA) is 61.4 Å². The molecule has 1 saturated heterocycles. The van der Waals surface area contributed by atoms with Crippen LogP contribution in [0.5, 0.6) is 0 Å². The zero-order valence-electron chi connectivity index (χ0n) is 14.5. The number of carbonyl (C=O) groups excluding carboxylic acids is 2. The van der Waals surface area contributed by atoms with Gasteiger partial charge in [0, 0.05) is 32.6 Å². The van der Waals surface area contributed by atoms with Crippen molar-refractivity contribution in [2.45, 2.75) is 32.2 Å². The lowest BCUT2D eigenvalue weighted by Gasteiger charge is -2.22. The Kier molecular flexibility index (Phi) is 8.79. The quantitative estimate of drug-likeness (QED) is 0.824. The SMILES string of the molecule is CN(C)C(=O)c1ccc(CNC(=O)CCC2CCNCC2)cc1.Cl. The second-order valence-corrected chi connectivity index (χ2v) is 6.41. The molecule has 1 fully saturated rings. The third kappa shape index (κ3) is 6.49. The van der Waals surface area contributed by atoms with Crippen LogP contribution in [0.4, 0.5) is 0 Å². The summed E-state index contributed by atoms with van der Waals surface area (Å²) in [6.07, 6.45) is 3.93. The van der Waals surface area contributed by atoms with Crippen LogP contribution in [0.1, 0.15) is 41.6 Å². The molecule has 2 rings (SSSR count). The maximum absolute atomic E-state index is 11.9. The van der Waals surface area contributed by atoms with E-state index < -0.39 is 0 Å². The minimum atomic E-state index is -0.0115. The van der Waals surface area contributed by atoms with Crippen LogP contribution < -0.4 is 10.6 Å². The van der Waals surface area contributed by atoms with Crippen LogP contribution in [0.2, 0.25) is 0 Å². The molecular weight excluding hydrogens is 326 g/mol. The number of carbonyl (C=O) groups is 2. The lowest BCUT2D eigenvalue weighted by Crippen LogP contribution is -2.29. The first-order valence-electron chi connectivity index (χ1n) is 8.34. The van der Waals surface area contributed by atoms with Gasteiger partial charge < -0.3 is 15.5 Å². The van der Waals surface area contributed by atoms with Crippen molar-refractivity contribution in [1.82, 2.24) is 15.5 Å². The third-order valence-corrected chi connectivity index (χ3v) is 4.34. The molecule has 24 heavy (non-hydrogen) atoms. The molecular formula is C18H28ClN3O2. The predicted octanol–water partition coefficient (Wildman–Crippen LogP) is 2.21. The fourth-order valence-corrected chi connectivity index (χ4v) is 2.82. The number of hydrogen-bond acceptors (Lipinski definition) is 3. The van der Waals surface area contributed by atoms with Crippen LogP contribution in [0.15, 0.2) is 24.3 Å². The van der Waals surface area contributed by atoms with Gasteiger partial charge in [-0.3, -0.25) is 9.59 Å². The molecule has 1 aromatic rings. The summed E-state index contributed by atoms with van der Waals surface area (Å²) in [6.45, 7) is 2.66. The van der Waals surface area contributed by atoms with E-state index in [1.165, 1.54) is 12.8 Å². The van der Waals surface area contributed by atoms with Crippen LogP contribution in [-0.4, -0.2) is 43.9 Å². The summed E-state index contributed by atoms with van der Waals surface area (Å²) >= 11 is 0. The normalized spacial score (nSPS) is 14.6. The first kappa shape index (κ1) is 20.5. The molecule has 2 N–H and O–H groups in total. The summed E-state index contributed by atoms with van der Waals surface area (Å²) in [5, 5.41) is 6.30. The molecule has 0 atom stereocenters. The van der Waals surface area contributed by atoms with Gasteiger partial charge in [-0.05, 0) is 56.0 Å². The van der Waals surface area contributed by atoms with Gasteiger partial charge in [0.1, 0.15) is 0 Å². The molecule has 5 nitrogen and oxygen atoms in total. The lowest BCUT2D eigenvalue weighted by molar-refractivity contribution is -0.121. The van der Waals surface area contributed by atoms with E-state index in [9.17, 15) is 9.59 Å². The van der Waals surface area contributed by atoms with Gasteiger partial charge >= 0.3 is 0 Å². The highest BCUT2D eigenvalue weighted by atomic mass is 35.5. The smallest absolute Gasteiger partial charge is 0.253 e. The van der Waals surface area contributed by atoms with Crippen molar-refractivity contribution >= 4 is 24.2 Å². The molecule has 134 valence electrons. The standard InChI is InChI=1S/C18H27N3O2.ClH/c1-21(2)18(23)16-6-3-15(4-7-16)13-20-17(22)8-5-14-9-11-19-12-10-14;/h3-4,6-7,14,19H,5,8-13H2,1-2H3,(H,20,22);1H. The average Bonchev–Trinajstić information content (AvgIpc) is 2.58. The molecule has 6 heteroatoms. The van der Waals surface area contributed by atoms with Gasteiger partial charge in [-0.1, -0.05) is 12.1 Å². The molecule has 1 aliphatic heterocycles. The summed E-state index contributed by atoms with van der Waals surface area (Å²) in [4.78, 5) is 25.3. The van der Waals surface area contributed by atoms with E-state index in [-0.39, 0.29) is 24.2 Å². The highest BCUT2D eigenvalue weighted by Gasteiger charge is 2.14. The number of amides is 2. The number of benzene rings is 1. The third-order valence-electron chi connectivity index (χ3n) is 4.34. The van der Waals surface area contributed by atoms with Gasteiger partial charge in [-0.2, -0.15) is 0 Å². The molecule has 0 aliphatic carbocycles. The highest BCUT2D eigenvalue weighted by Crippen LogP contribution is 2.17. The van der Waals surface area contributed by atoms with Crippen molar-refractivity contribution in [2.75, 3.05) is 27.2 Å². The first-order valence-corrected chi connectivity index (χ1v) is 8.34. The monoisotopic (exact) mass is 353 g/mol. The molecule has 1 aliphatic rings. The largest absolute Gasteiger partial charge is 0.352 e. The van der Waals surface area contributed by atoms with E-state index in [2.05, 4.69) is 10.6 Å². The number of halogens is 1. The maximum atomic E-state index is 11.9. The summed E-state index contributed by atoms with van der Waals surface area (Å²) in [6, 6.07) is 7.39. The lowest BCUT2D eigenvalue weighted by atomic mass is 9.93. The molecule has 0 spiro atoms. The van der Waals surface area contributed by atoms with Crippen molar-refractivity contribution in [3.63, 3.8) is 0 Å². The van der Waals surface area contributed by atoms with Crippen molar-refractivity contribution < 1.29 is 9.59 Å². The molecule has 0 unspecified atom stereocenters.